The Bertz CT molecular complexity index is 742. The summed E-state index contributed by atoms with van der Waals surface area (Å²) in [5.41, 5.74) is 0.447. The van der Waals surface area contributed by atoms with E-state index < -0.39 is 5.60 Å². The second-order valence-electron chi connectivity index (χ2n) is 9.44. The van der Waals surface area contributed by atoms with Crippen LogP contribution in [0, 0.1) is 19.8 Å². The van der Waals surface area contributed by atoms with Gasteiger partial charge in [0.25, 0.3) is 0 Å². The van der Waals surface area contributed by atoms with E-state index in [0.717, 1.165) is 49.9 Å². The highest BCUT2D eigenvalue weighted by molar-refractivity contribution is 14.0. The van der Waals surface area contributed by atoms with E-state index in [-0.39, 0.29) is 36.1 Å². The molecule has 1 amide bonds. The molecule has 1 saturated carbocycles. The van der Waals surface area contributed by atoms with Crippen LogP contribution in [0.2, 0.25) is 0 Å². The van der Waals surface area contributed by atoms with Crippen molar-refractivity contribution >= 4 is 36.0 Å². The number of nitrogens with zero attached hydrogens (tertiary/aromatic N) is 4. The lowest BCUT2D eigenvalue weighted by Crippen LogP contribution is -2.52. The highest BCUT2D eigenvalue weighted by Gasteiger charge is 2.35. The lowest BCUT2D eigenvalue weighted by molar-refractivity contribution is 0.00927. The van der Waals surface area contributed by atoms with Crippen molar-refractivity contribution < 1.29 is 13.9 Å². The first-order valence-electron chi connectivity index (χ1n) is 11.0. The average Bonchev–Trinajstić information content (AvgIpc) is 3.44. The van der Waals surface area contributed by atoms with Crippen LogP contribution in [0.25, 0.3) is 0 Å². The molecule has 0 aromatic carbocycles. The van der Waals surface area contributed by atoms with Gasteiger partial charge >= 0.3 is 6.09 Å². The number of aromatic nitrogens is 1. The van der Waals surface area contributed by atoms with Crippen LogP contribution in [0.4, 0.5) is 4.79 Å². The Balaban J connectivity index is 0.00000341. The molecular formula is C22H38IN5O3. The van der Waals surface area contributed by atoms with Crippen molar-refractivity contribution in [3.63, 3.8) is 0 Å². The number of aryl methyl sites for hydroxylation is 2. The Morgan fingerprint density at radius 1 is 1.26 bits per heavy atom. The summed E-state index contributed by atoms with van der Waals surface area (Å²) in [7, 11) is 1.79. The predicted octanol–water partition coefficient (Wildman–Crippen LogP) is 4.10. The maximum Gasteiger partial charge on any atom is 0.410 e. The zero-order valence-corrected chi connectivity index (χ0v) is 22.1. The fraction of sp³-hybridized carbons (Fsp3) is 0.773. The molecule has 0 bridgehead atoms. The SMILES string of the molecule is CN=C(NCc1nc(C)c(C)o1)N1CCC(N(CC2CC2)C(=O)OC(C)(C)C)CC1.I. The van der Waals surface area contributed by atoms with Crippen LogP contribution in [0.5, 0.6) is 0 Å². The topological polar surface area (TPSA) is 83.2 Å². The molecule has 3 rings (SSSR count). The van der Waals surface area contributed by atoms with Gasteiger partial charge in [0.1, 0.15) is 11.4 Å². The van der Waals surface area contributed by atoms with Gasteiger partial charge in [0.2, 0.25) is 5.89 Å². The van der Waals surface area contributed by atoms with Gasteiger partial charge < -0.3 is 24.3 Å². The molecule has 1 saturated heterocycles. The maximum absolute atomic E-state index is 12.8. The number of guanidine groups is 1. The molecule has 1 aromatic heterocycles. The largest absolute Gasteiger partial charge is 0.444 e. The number of ether oxygens (including phenoxy) is 1. The van der Waals surface area contributed by atoms with E-state index in [1.807, 2.05) is 39.5 Å². The minimum atomic E-state index is -0.470. The molecule has 9 heteroatoms. The summed E-state index contributed by atoms with van der Waals surface area (Å²) in [6.45, 7) is 12.7. The molecule has 31 heavy (non-hydrogen) atoms. The first kappa shape index (κ1) is 25.7. The van der Waals surface area contributed by atoms with E-state index in [2.05, 4.69) is 20.2 Å². The normalized spacial score (nSPS) is 17.9. The summed E-state index contributed by atoms with van der Waals surface area (Å²) in [5.74, 6) is 2.99. The standard InChI is InChI=1S/C22H37N5O3.HI/c1-15-16(2)29-19(25-15)13-24-20(23-6)26-11-9-18(10-12-26)27(14-17-7-8-17)21(28)30-22(3,4)5;/h17-18H,7-14H2,1-6H3,(H,23,24);1H. The Morgan fingerprint density at radius 2 is 1.90 bits per heavy atom. The third kappa shape index (κ3) is 7.54. The van der Waals surface area contributed by atoms with Crippen molar-refractivity contribution in [3.8, 4) is 0 Å². The molecular weight excluding hydrogens is 509 g/mol. The van der Waals surface area contributed by atoms with Crippen LogP contribution < -0.4 is 5.32 Å². The van der Waals surface area contributed by atoms with E-state index in [9.17, 15) is 4.79 Å². The molecule has 2 aliphatic rings. The Morgan fingerprint density at radius 3 is 2.39 bits per heavy atom. The van der Waals surface area contributed by atoms with Gasteiger partial charge in [0, 0.05) is 32.7 Å². The van der Waals surface area contributed by atoms with Gasteiger partial charge in [-0.05, 0) is 66.2 Å². The van der Waals surface area contributed by atoms with Crippen molar-refractivity contribution in [2.24, 2.45) is 10.9 Å². The summed E-state index contributed by atoms with van der Waals surface area (Å²) < 4.78 is 11.3. The molecule has 8 nitrogen and oxygen atoms in total. The van der Waals surface area contributed by atoms with Gasteiger partial charge in [-0.15, -0.1) is 24.0 Å². The third-order valence-electron chi connectivity index (χ3n) is 5.67. The molecule has 2 heterocycles. The summed E-state index contributed by atoms with van der Waals surface area (Å²) >= 11 is 0. The van der Waals surface area contributed by atoms with Crippen molar-refractivity contribution in [1.29, 1.82) is 0 Å². The number of hydrogen-bond acceptors (Lipinski definition) is 5. The van der Waals surface area contributed by atoms with E-state index >= 15 is 0 Å². The number of nitrogens with one attached hydrogen (secondary N) is 1. The summed E-state index contributed by atoms with van der Waals surface area (Å²) in [4.78, 5) is 25.9. The van der Waals surface area contributed by atoms with Crippen LogP contribution in [0.1, 0.15) is 63.8 Å². The second kappa shape index (κ2) is 10.9. The number of carbonyl (C=O) groups excluding carboxylic acids is 1. The highest BCUT2D eigenvalue weighted by Crippen LogP contribution is 2.32. The van der Waals surface area contributed by atoms with E-state index in [1.54, 1.807) is 7.05 Å². The summed E-state index contributed by atoms with van der Waals surface area (Å²) in [6.07, 6.45) is 4.07. The zero-order chi connectivity index (χ0) is 21.9. The van der Waals surface area contributed by atoms with Gasteiger partial charge in [0.15, 0.2) is 5.96 Å². The Kier molecular flexibility index (Phi) is 9.03. The number of hydrogen-bond donors (Lipinski definition) is 1. The van der Waals surface area contributed by atoms with Crippen LogP contribution in [0.15, 0.2) is 9.41 Å². The van der Waals surface area contributed by atoms with E-state index in [1.165, 1.54) is 12.8 Å². The van der Waals surface area contributed by atoms with E-state index in [4.69, 9.17) is 9.15 Å². The monoisotopic (exact) mass is 547 g/mol. The lowest BCUT2D eigenvalue weighted by Gasteiger charge is -2.40. The lowest BCUT2D eigenvalue weighted by atomic mass is 10.0. The fourth-order valence-electron chi connectivity index (χ4n) is 3.76. The van der Waals surface area contributed by atoms with Crippen LogP contribution >= 0.6 is 24.0 Å². The molecule has 1 aliphatic heterocycles. The predicted molar refractivity (Wildman–Crippen MR) is 132 cm³/mol. The van der Waals surface area contributed by atoms with Crippen molar-refractivity contribution in [2.75, 3.05) is 26.7 Å². The smallest absolute Gasteiger partial charge is 0.410 e. The molecule has 1 N–H and O–H groups in total. The van der Waals surface area contributed by atoms with Crippen LogP contribution in [-0.4, -0.2) is 65.2 Å². The number of carbonyl (C=O) groups is 1. The Hall–Kier alpha value is -1.52. The molecule has 0 unspecified atom stereocenters. The van der Waals surface area contributed by atoms with Gasteiger partial charge in [-0.3, -0.25) is 4.99 Å². The molecule has 1 aromatic rings. The second-order valence-corrected chi connectivity index (χ2v) is 9.44. The average molecular weight is 547 g/mol. The van der Waals surface area contributed by atoms with Gasteiger partial charge in [-0.2, -0.15) is 0 Å². The number of halogens is 1. The van der Waals surface area contributed by atoms with E-state index in [0.29, 0.717) is 18.4 Å². The molecule has 0 atom stereocenters. The quantitative estimate of drug-likeness (QED) is 0.340. The molecule has 176 valence electrons. The minimum absolute atomic E-state index is 0. The molecule has 2 fully saturated rings. The minimum Gasteiger partial charge on any atom is -0.444 e. The van der Waals surface area contributed by atoms with Crippen molar-refractivity contribution in [3.05, 3.63) is 17.3 Å². The summed E-state index contributed by atoms with van der Waals surface area (Å²) in [5, 5.41) is 3.35. The highest BCUT2D eigenvalue weighted by atomic mass is 127. The van der Waals surface area contributed by atoms with Gasteiger partial charge in [-0.25, -0.2) is 9.78 Å². The van der Waals surface area contributed by atoms with Gasteiger partial charge in [0.05, 0.1) is 12.2 Å². The first-order chi connectivity index (χ1) is 14.2. The summed E-state index contributed by atoms with van der Waals surface area (Å²) in [6, 6.07) is 0.215. The Labute approximate surface area is 203 Å². The maximum atomic E-state index is 12.8. The number of amides is 1. The van der Waals surface area contributed by atoms with Crippen molar-refractivity contribution in [1.82, 2.24) is 20.1 Å². The number of oxazole rings is 1. The van der Waals surface area contributed by atoms with Crippen LogP contribution in [0.3, 0.4) is 0 Å². The number of piperidine rings is 1. The van der Waals surface area contributed by atoms with Crippen LogP contribution in [-0.2, 0) is 11.3 Å². The molecule has 0 radical (unpaired) electrons. The number of likely N-dealkylation sites (tertiary alicyclic amines) is 1. The molecule has 1 aliphatic carbocycles. The van der Waals surface area contributed by atoms with Crippen molar-refractivity contribution in [2.45, 2.75) is 78.5 Å². The van der Waals surface area contributed by atoms with Gasteiger partial charge in [-0.1, -0.05) is 0 Å². The third-order valence-corrected chi connectivity index (χ3v) is 5.67. The molecule has 0 spiro atoms. The number of aliphatic imine (C=N–C) groups is 1. The fourth-order valence-corrected chi connectivity index (χ4v) is 3.76. The number of rotatable bonds is 5. The first-order valence-corrected chi connectivity index (χ1v) is 11.0. The zero-order valence-electron chi connectivity index (χ0n) is 19.7.